The van der Waals surface area contributed by atoms with E-state index in [2.05, 4.69) is 31.1 Å². The van der Waals surface area contributed by atoms with Crippen molar-refractivity contribution in [2.24, 2.45) is 11.5 Å². The number of nitrogens with one attached hydrogen (secondary N) is 4. The van der Waals surface area contributed by atoms with Crippen LogP contribution in [-0.2, 0) is 0 Å². The molecular weight excluding hydrogens is 256 g/mol. The van der Waals surface area contributed by atoms with Gasteiger partial charge in [0.25, 0.3) is 0 Å². The molecule has 0 bridgehead atoms. The predicted molar refractivity (Wildman–Crippen MR) is 83.0 cm³/mol. The molecule has 0 aromatic rings. The standard InChI is InChI=1S/C12H32N8/c13-1-6-19-8-5-15-9-18-12-20(7-2-14)11-17-4-3-16-10-19/h15-18H,1-14H2. The quantitative estimate of drug-likeness (QED) is 0.320. The molecule has 0 aromatic heterocycles. The molecular formula is C12H32N8. The maximum absolute atomic E-state index is 5.63. The molecule has 1 aliphatic rings. The molecule has 8 N–H and O–H groups in total. The Morgan fingerprint density at radius 3 is 2.00 bits per heavy atom. The van der Waals surface area contributed by atoms with Gasteiger partial charge in [0, 0.05) is 72.4 Å². The van der Waals surface area contributed by atoms with Crippen LogP contribution >= 0.6 is 0 Å². The monoisotopic (exact) mass is 288 g/mol. The fourth-order valence-electron chi connectivity index (χ4n) is 2.13. The van der Waals surface area contributed by atoms with Crippen molar-refractivity contribution in [1.82, 2.24) is 31.1 Å². The van der Waals surface area contributed by atoms with Gasteiger partial charge in [-0.25, -0.2) is 0 Å². The van der Waals surface area contributed by atoms with Crippen LogP contribution in [0.25, 0.3) is 0 Å². The molecule has 20 heavy (non-hydrogen) atoms. The normalized spacial score (nSPS) is 22.5. The second-order valence-electron chi connectivity index (χ2n) is 4.99. The lowest BCUT2D eigenvalue weighted by atomic mass is 10.4. The molecule has 0 unspecified atom stereocenters. The molecule has 0 aromatic carbocycles. The topological polar surface area (TPSA) is 107 Å². The van der Waals surface area contributed by atoms with E-state index < -0.39 is 0 Å². The number of nitrogens with two attached hydrogens (primary N) is 2. The number of rotatable bonds is 4. The molecule has 0 amide bonds. The number of hydrogen-bond donors (Lipinski definition) is 6. The van der Waals surface area contributed by atoms with Crippen LogP contribution < -0.4 is 32.7 Å². The molecule has 1 heterocycles. The third kappa shape index (κ3) is 8.77. The molecule has 120 valence electrons. The van der Waals surface area contributed by atoms with Crippen LogP contribution in [0.5, 0.6) is 0 Å². The van der Waals surface area contributed by atoms with Crippen molar-refractivity contribution in [3.63, 3.8) is 0 Å². The minimum Gasteiger partial charge on any atom is -0.329 e. The molecule has 0 aliphatic carbocycles. The Balaban J connectivity index is 2.29. The van der Waals surface area contributed by atoms with E-state index in [1.807, 2.05) is 0 Å². The van der Waals surface area contributed by atoms with Gasteiger partial charge in [-0.15, -0.1) is 0 Å². The fourth-order valence-corrected chi connectivity index (χ4v) is 2.13. The van der Waals surface area contributed by atoms with Gasteiger partial charge in [0.2, 0.25) is 0 Å². The van der Waals surface area contributed by atoms with E-state index in [9.17, 15) is 0 Å². The van der Waals surface area contributed by atoms with E-state index in [0.29, 0.717) is 13.1 Å². The summed E-state index contributed by atoms with van der Waals surface area (Å²) in [6.07, 6.45) is 0. The Morgan fingerprint density at radius 1 is 0.700 bits per heavy atom. The second-order valence-corrected chi connectivity index (χ2v) is 4.99. The van der Waals surface area contributed by atoms with Crippen molar-refractivity contribution in [2.75, 3.05) is 79.0 Å². The van der Waals surface area contributed by atoms with Gasteiger partial charge < -0.3 is 27.4 Å². The molecule has 1 rings (SSSR count). The van der Waals surface area contributed by atoms with Gasteiger partial charge in [-0.2, -0.15) is 0 Å². The van der Waals surface area contributed by atoms with Crippen molar-refractivity contribution < 1.29 is 0 Å². The van der Waals surface area contributed by atoms with E-state index in [4.69, 9.17) is 11.5 Å². The van der Waals surface area contributed by atoms with Crippen molar-refractivity contribution in [3.05, 3.63) is 0 Å². The molecule has 0 saturated carbocycles. The van der Waals surface area contributed by atoms with Gasteiger partial charge in [0.1, 0.15) is 0 Å². The molecule has 0 spiro atoms. The highest BCUT2D eigenvalue weighted by atomic mass is 15.3. The number of hydrogen-bond acceptors (Lipinski definition) is 8. The van der Waals surface area contributed by atoms with Crippen LogP contribution in [-0.4, -0.2) is 88.8 Å². The van der Waals surface area contributed by atoms with Gasteiger partial charge >= 0.3 is 0 Å². The summed E-state index contributed by atoms with van der Waals surface area (Å²) in [6, 6.07) is 0. The lowest BCUT2D eigenvalue weighted by Crippen LogP contribution is -2.48. The smallest absolute Gasteiger partial charge is 0.0503 e. The molecule has 0 radical (unpaired) electrons. The first-order chi connectivity index (χ1) is 9.86. The number of nitrogens with zero attached hydrogens (tertiary/aromatic N) is 2. The zero-order valence-corrected chi connectivity index (χ0v) is 12.5. The summed E-state index contributed by atoms with van der Waals surface area (Å²) in [6.45, 7) is 10.5. The third-order valence-electron chi connectivity index (χ3n) is 3.23. The lowest BCUT2D eigenvalue weighted by molar-refractivity contribution is 0.224. The van der Waals surface area contributed by atoms with Crippen molar-refractivity contribution in [2.45, 2.75) is 0 Å². The van der Waals surface area contributed by atoms with Gasteiger partial charge in [0.15, 0.2) is 0 Å². The highest BCUT2D eigenvalue weighted by Crippen LogP contribution is 1.85. The Kier molecular flexibility index (Phi) is 11.0. The van der Waals surface area contributed by atoms with Crippen LogP contribution in [0, 0.1) is 0 Å². The van der Waals surface area contributed by atoms with Crippen LogP contribution in [0.15, 0.2) is 0 Å². The van der Waals surface area contributed by atoms with E-state index in [0.717, 1.165) is 65.9 Å². The van der Waals surface area contributed by atoms with E-state index >= 15 is 0 Å². The van der Waals surface area contributed by atoms with Gasteiger partial charge in [-0.1, -0.05) is 0 Å². The second kappa shape index (κ2) is 12.4. The van der Waals surface area contributed by atoms with Crippen LogP contribution in [0.2, 0.25) is 0 Å². The minimum atomic E-state index is 0.684. The summed E-state index contributed by atoms with van der Waals surface area (Å²) in [4.78, 5) is 4.60. The average molecular weight is 288 g/mol. The Labute approximate surface area is 122 Å². The van der Waals surface area contributed by atoms with E-state index in [-0.39, 0.29) is 0 Å². The Morgan fingerprint density at radius 2 is 1.30 bits per heavy atom. The predicted octanol–water partition coefficient (Wildman–Crippen LogP) is -3.29. The third-order valence-corrected chi connectivity index (χ3v) is 3.23. The summed E-state index contributed by atoms with van der Waals surface area (Å²) in [7, 11) is 0. The first-order valence-electron chi connectivity index (χ1n) is 7.54. The fraction of sp³-hybridized carbons (Fsp3) is 1.00. The summed E-state index contributed by atoms with van der Waals surface area (Å²) in [5.41, 5.74) is 11.3. The molecule has 1 aliphatic heterocycles. The first-order valence-corrected chi connectivity index (χ1v) is 7.54. The van der Waals surface area contributed by atoms with Gasteiger partial charge in [-0.3, -0.25) is 15.1 Å². The average Bonchev–Trinajstić information content (AvgIpc) is 2.45. The first kappa shape index (κ1) is 17.7. The largest absolute Gasteiger partial charge is 0.329 e. The Hall–Kier alpha value is -0.320. The molecule has 1 saturated heterocycles. The van der Waals surface area contributed by atoms with E-state index in [1.54, 1.807) is 0 Å². The van der Waals surface area contributed by atoms with Crippen molar-refractivity contribution in [3.8, 4) is 0 Å². The summed E-state index contributed by atoms with van der Waals surface area (Å²) < 4.78 is 0. The van der Waals surface area contributed by atoms with Crippen LogP contribution in [0.3, 0.4) is 0 Å². The SMILES string of the molecule is NCCN1CCNCNCN(CCN)CNCCNC1. The van der Waals surface area contributed by atoms with Gasteiger partial charge in [0.05, 0.1) is 6.67 Å². The van der Waals surface area contributed by atoms with Crippen molar-refractivity contribution in [1.29, 1.82) is 0 Å². The van der Waals surface area contributed by atoms with Crippen LogP contribution in [0.1, 0.15) is 0 Å². The highest BCUT2D eigenvalue weighted by molar-refractivity contribution is 4.63. The maximum Gasteiger partial charge on any atom is 0.0503 e. The van der Waals surface area contributed by atoms with Gasteiger partial charge in [-0.05, 0) is 0 Å². The molecule has 8 heteroatoms. The molecule has 0 atom stereocenters. The Bertz CT molecular complexity index is 178. The summed E-state index contributed by atoms with van der Waals surface area (Å²) in [5, 5.41) is 13.6. The van der Waals surface area contributed by atoms with Crippen LogP contribution in [0.4, 0.5) is 0 Å². The minimum absolute atomic E-state index is 0.684. The summed E-state index contributed by atoms with van der Waals surface area (Å²) >= 11 is 0. The zero-order chi connectivity index (χ0) is 14.5. The zero-order valence-electron chi connectivity index (χ0n) is 12.5. The van der Waals surface area contributed by atoms with E-state index in [1.165, 1.54) is 0 Å². The lowest BCUT2D eigenvalue weighted by Gasteiger charge is -2.25. The molecule has 8 nitrogen and oxygen atoms in total. The molecule has 1 fully saturated rings. The highest BCUT2D eigenvalue weighted by Gasteiger charge is 2.05. The van der Waals surface area contributed by atoms with Crippen molar-refractivity contribution >= 4 is 0 Å². The summed E-state index contributed by atoms with van der Waals surface area (Å²) in [5.74, 6) is 0. The maximum atomic E-state index is 5.63.